The molecule has 122 valence electrons. The van der Waals surface area contributed by atoms with Crippen LogP contribution in [0.2, 0.25) is 0 Å². The van der Waals surface area contributed by atoms with E-state index >= 15 is 0 Å². The van der Waals surface area contributed by atoms with E-state index in [-0.39, 0.29) is 18.5 Å². The summed E-state index contributed by atoms with van der Waals surface area (Å²) in [6.07, 6.45) is 2.24. The smallest absolute Gasteiger partial charge is 0.331 e. The Morgan fingerprint density at radius 1 is 1.17 bits per heavy atom. The molecule has 0 bridgehead atoms. The van der Waals surface area contributed by atoms with Crippen LogP contribution in [0.1, 0.15) is 25.8 Å². The number of nitrogens with one attached hydrogen (secondary N) is 1. The van der Waals surface area contributed by atoms with Gasteiger partial charge in [-0.1, -0.05) is 37.3 Å². The summed E-state index contributed by atoms with van der Waals surface area (Å²) in [5.74, 6) is -0.337. The van der Waals surface area contributed by atoms with Gasteiger partial charge in [0.1, 0.15) is 6.54 Å². The van der Waals surface area contributed by atoms with Gasteiger partial charge in [0, 0.05) is 18.3 Å². The maximum absolute atomic E-state index is 12.4. The third-order valence-electron chi connectivity index (χ3n) is 3.66. The molecule has 1 atom stereocenters. The minimum absolute atomic E-state index is 0.00783. The van der Waals surface area contributed by atoms with Gasteiger partial charge in [-0.2, -0.15) is 0 Å². The summed E-state index contributed by atoms with van der Waals surface area (Å²) < 4.78 is 2.38. The van der Waals surface area contributed by atoms with Gasteiger partial charge < -0.3 is 5.32 Å². The molecule has 0 spiro atoms. The molecule has 0 aliphatic heterocycles. The Kier molecular flexibility index (Phi) is 5.51. The van der Waals surface area contributed by atoms with Crippen LogP contribution in [0, 0.1) is 0 Å². The van der Waals surface area contributed by atoms with E-state index in [1.54, 1.807) is 0 Å². The van der Waals surface area contributed by atoms with Crippen LogP contribution in [0.3, 0.4) is 0 Å². The van der Waals surface area contributed by atoms with Crippen molar-refractivity contribution in [2.45, 2.75) is 39.4 Å². The molecular formula is C17H21N3O3. The molecule has 0 fully saturated rings. The van der Waals surface area contributed by atoms with Gasteiger partial charge in [-0.25, -0.2) is 4.79 Å². The number of amides is 1. The van der Waals surface area contributed by atoms with Crippen molar-refractivity contribution in [2.24, 2.45) is 0 Å². The molecule has 0 saturated heterocycles. The SMILES string of the molecule is CC[C@H](C)NC(=O)Cn1c(=O)ccn(Cc2ccccc2)c1=O. The Labute approximate surface area is 134 Å². The molecule has 23 heavy (non-hydrogen) atoms. The van der Waals surface area contributed by atoms with Crippen molar-refractivity contribution < 1.29 is 4.79 Å². The van der Waals surface area contributed by atoms with Crippen LogP contribution in [-0.4, -0.2) is 21.1 Å². The zero-order valence-electron chi connectivity index (χ0n) is 13.4. The summed E-state index contributed by atoms with van der Waals surface area (Å²) in [6, 6.07) is 10.8. The van der Waals surface area contributed by atoms with E-state index in [1.807, 2.05) is 44.2 Å². The van der Waals surface area contributed by atoms with Gasteiger partial charge >= 0.3 is 5.69 Å². The highest BCUT2D eigenvalue weighted by Crippen LogP contribution is 1.99. The Morgan fingerprint density at radius 3 is 2.52 bits per heavy atom. The Bertz CT molecular complexity index is 778. The fraction of sp³-hybridized carbons (Fsp3) is 0.353. The number of benzene rings is 1. The monoisotopic (exact) mass is 315 g/mol. The summed E-state index contributed by atoms with van der Waals surface area (Å²) in [4.78, 5) is 36.3. The summed E-state index contributed by atoms with van der Waals surface area (Å²) in [6.45, 7) is 3.91. The quantitative estimate of drug-likeness (QED) is 0.863. The first-order valence-electron chi connectivity index (χ1n) is 7.65. The van der Waals surface area contributed by atoms with E-state index in [0.717, 1.165) is 16.6 Å². The van der Waals surface area contributed by atoms with Crippen molar-refractivity contribution in [3.8, 4) is 0 Å². The molecule has 0 aliphatic carbocycles. The van der Waals surface area contributed by atoms with Crippen molar-refractivity contribution in [3.63, 3.8) is 0 Å². The molecule has 0 radical (unpaired) electrons. The summed E-state index contributed by atoms with van der Waals surface area (Å²) in [5.41, 5.74) is -0.0110. The van der Waals surface area contributed by atoms with Crippen molar-refractivity contribution in [3.05, 3.63) is 69.0 Å². The Morgan fingerprint density at radius 2 is 1.87 bits per heavy atom. The van der Waals surface area contributed by atoms with E-state index in [2.05, 4.69) is 5.32 Å². The van der Waals surface area contributed by atoms with Gasteiger partial charge in [0.15, 0.2) is 0 Å². The van der Waals surface area contributed by atoms with Crippen LogP contribution >= 0.6 is 0 Å². The summed E-state index contributed by atoms with van der Waals surface area (Å²) in [5, 5.41) is 2.75. The number of carbonyl (C=O) groups excluding carboxylic acids is 1. The van der Waals surface area contributed by atoms with Crippen LogP contribution in [0.4, 0.5) is 0 Å². The minimum atomic E-state index is -0.486. The molecule has 1 N–H and O–H groups in total. The van der Waals surface area contributed by atoms with Crippen LogP contribution in [-0.2, 0) is 17.9 Å². The van der Waals surface area contributed by atoms with Gasteiger partial charge in [0.05, 0.1) is 6.54 Å². The number of carbonyl (C=O) groups is 1. The number of hydrogen-bond donors (Lipinski definition) is 1. The zero-order valence-corrected chi connectivity index (χ0v) is 13.4. The van der Waals surface area contributed by atoms with Crippen LogP contribution in [0.25, 0.3) is 0 Å². The van der Waals surface area contributed by atoms with Crippen molar-refractivity contribution in [1.29, 1.82) is 0 Å². The average Bonchev–Trinajstić information content (AvgIpc) is 2.55. The van der Waals surface area contributed by atoms with Crippen LogP contribution in [0.15, 0.2) is 52.2 Å². The lowest BCUT2D eigenvalue weighted by molar-refractivity contribution is -0.122. The predicted molar refractivity (Wildman–Crippen MR) is 88.4 cm³/mol. The lowest BCUT2D eigenvalue weighted by atomic mass is 10.2. The maximum atomic E-state index is 12.4. The van der Waals surface area contributed by atoms with E-state index in [1.165, 1.54) is 16.8 Å². The standard InChI is InChI=1S/C17H21N3O3/c1-3-13(2)18-15(21)12-20-16(22)9-10-19(17(20)23)11-14-7-5-4-6-8-14/h4-10,13H,3,11-12H2,1-2H3,(H,18,21)/t13-/m0/s1. The molecule has 0 saturated carbocycles. The van der Waals surface area contributed by atoms with Gasteiger partial charge in [-0.05, 0) is 18.9 Å². The third kappa shape index (κ3) is 4.42. The molecule has 1 aromatic heterocycles. The molecule has 0 aliphatic rings. The molecule has 2 aromatic rings. The van der Waals surface area contributed by atoms with Crippen LogP contribution in [0.5, 0.6) is 0 Å². The normalized spacial score (nSPS) is 11.9. The fourth-order valence-corrected chi connectivity index (χ4v) is 2.17. The van der Waals surface area contributed by atoms with E-state index < -0.39 is 11.2 Å². The number of rotatable bonds is 6. The van der Waals surface area contributed by atoms with E-state index in [4.69, 9.17) is 0 Å². The van der Waals surface area contributed by atoms with Crippen molar-refractivity contribution >= 4 is 5.91 Å². The Balaban J connectivity index is 2.23. The zero-order chi connectivity index (χ0) is 16.8. The number of aromatic nitrogens is 2. The molecule has 1 heterocycles. The largest absolute Gasteiger partial charge is 0.352 e. The van der Waals surface area contributed by atoms with Gasteiger partial charge in [-0.15, -0.1) is 0 Å². The minimum Gasteiger partial charge on any atom is -0.352 e. The molecule has 6 nitrogen and oxygen atoms in total. The predicted octanol–water partition coefficient (Wildman–Crippen LogP) is 0.973. The first kappa shape index (κ1) is 16.7. The van der Waals surface area contributed by atoms with Crippen molar-refractivity contribution in [1.82, 2.24) is 14.5 Å². The first-order valence-corrected chi connectivity index (χ1v) is 7.65. The lowest BCUT2D eigenvalue weighted by Crippen LogP contribution is -2.44. The average molecular weight is 315 g/mol. The number of nitrogens with zero attached hydrogens (tertiary/aromatic N) is 2. The molecule has 1 aromatic carbocycles. The third-order valence-corrected chi connectivity index (χ3v) is 3.66. The molecule has 6 heteroatoms. The molecular weight excluding hydrogens is 294 g/mol. The highest BCUT2D eigenvalue weighted by atomic mass is 16.2. The topological polar surface area (TPSA) is 73.1 Å². The van der Waals surface area contributed by atoms with E-state index in [9.17, 15) is 14.4 Å². The van der Waals surface area contributed by atoms with Gasteiger partial charge in [0.25, 0.3) is 5.56 Å². The number of hydrogen-bond acceptors (Lipinski definition) is 3. The van der Waals surface area contributed by atoms with Crippen LogP contribution < -0.4 is 16.6 Å². The summed E-state index contributed by atoms with van der Waals surface area (Å²) >= 11 is 0. The lowest BCUT2D eigenvalue weighted by Gasteiger charge is -2.13. The van der Waals surface area contributed by atoms with E-state index in [0.29, 0.717) is 6.54 Å². The highest BCUT2D eigenvalue weighted by molar-refractivity contribution is 5.75. The van der Waals surface area contributed by atoms with Crippen molar-refractivity contribution in [2.75, 3.05) is 0 Å². The van der Waals surface area contributed by atoms with Gasteiger partial charge in [-0.3, -0.25) is 18.7 Å². The highest BCUT2D eigenvalue weighted by Gasteiger charge is 2.11. The second kappa shape index (κ2) is 7.58. The first-order chi connectivity index (χ1) is 11.0. The fourth-order valence-electron chi connectivity index (χ4n) is 2.17. The molecule has 1 amide bonds. The maximum Gasteiger partial charge on any atom is 0.331 e. The molecule has 2 rings (SSSR count). The molecule has 0 unspecified atom stereocenters. The summed E-state index contributed by atoms with van der Waals surface area (Å²) in [7, 11) is 0. The second-order valence-electron chi connectivity index (χ2n) is 5.51. The van der Waals surface area contributed by atoms with Gasteiger partial charge in [0.2, 0.25) is 5.91 Å². The second-order valence-corrected chi connectivity index (χ2v) is 5.51. The Hall–Kier alpha value is -2.63.